The van der Waals surface area contributed by atoms with Gasteiger partial charge in [-0.05, 0) is 62.7 Å². The van der Waals surface area contributed by atoms with Crippen LogP contribution in [0.15, 0.2) is 18.3 Å². The summed E-state index contributed by atoms with van der Waals surface area (Å²) in [7, 11) is 1.38. The van der Waals surface area contributed by atoms with Crippen molar-refractivity contribution in [3.8, 4) is 0 Å². The third-order valence-electron chi connectivity index (χ3n) is 6.21. The van der Waals surface area contributed by atoms with Crippen LogP contribution >= 0.6 is 0 Å². The molecule has 4 atom stereocenters. The van der Waals surface area contributed by atoms with Crippen molar-refractivity contribution in [1.82, 2.24) is 9.88 Å². The van der Waals surface area contributed by atoms with E-state index in [0.29, 0.717) is 23.4 Å². The van der Waals surface area contributed by atoms with E-state index >= 15 is 0 Å². The number of rotatable bonds is 3. The zero-order valence-electron chi connectivity index (χ0n) is 14.8. The van der Waals surface area contributed by atoms with Gasteiger partial charge in [-0.15, -0.1) is 0 Å². The number of esters is 1. The number of carbonyl (C=O) groups is 1. The van der Waals surface area contributed by atoms with E-state index in [0.717, 1.165) is 44.8 Å². The summed E-state index contributed by atoms with van der Waals surface area (Å²) in [6.45, 7) is 4.21. The predicted octanol–water partition coefficient (Wildman–Crippen LogP) is 1.54. The molecule has 0 amide bonds. The van der Waals surface area contributed by atoms with Gasteiger partial charge < -0.3 is 14.7 Å². The molecule has 1 aromatic heterocycles. The maximum absolute atomic E-state index is 11.5. The smallest absolute Gasteiger partial charge is 0.339 e. The lowest BCUT2D eigenvalue weighted by Gasteiger charge is -2.40. The van der Waals surface area contributed by atoms with Gasteiger partial charge in [-0.3, -0.25) is 4.90 Å². The Kier molecular flexibility index (Phi) is 4.65. The van der Waals surface area contributed by atoms with Gasteiger partial charge in [-0.25, -0.2) is 9.78 Å². The predicted molar refractivity (Wildman–Crippen MR) is 94.6 cm³/mol. The molecule has 25 heavy (non-hydrogen) atoms. The molecule has 1 aliphatic carbocycles. The normalized spacial score (nSPS) is 32.6. The van der Waals surface area contributed by atoms with Gasteiger partial charge in [0, 0.05) is 25.3 Å². The van der Waals surface area contributed by atoms with Crippen molar-refractivity contribution in [1.29, 1.82) is 0 Å². The molecule has 0 bridgehead atoms. The van der Waals surface area contributed by atoms with E-state index in [-0.39, 0.29) is 12.1 Å². The van der Waals surface area contributed by atoms with Gasteiger partial charge in [-0.1, -0.05) is 0 Å². The molecule has 136 valence electrons. The Balaban J connectivity index is 1.43. The SMILES string of the molecule is COC(=O)c1ccc(N2C[C@H]3C[C@@H](N4CCCC4)[C@H](O)C[C@H]3C2)nc1. The maximum Gasteiger partial charge on any atom is 0.339 e. The van der Waals surface area contributed by atoms with E-state index < -0.39 is 0 Å². The molecule has 6 nitrogen and oxygen atoms in total. The summed E-state index contributed by atoms with van der Waals surface area (Å²) in [5.41, 5.74) is 0.479. The second-order valence-corrected chi connectivity index (χ2v) is 7.67. The van der Waals surface area contributed by atoms with Crippen LogP contribution in [0.2, 0.25) is 0 Å². The number of hydrogen-bond acceptors (Lipinski definition) is 6. The number of aromatic nitrogens is 1. The average molecular weight is 345 g/mol. The van der Waals surface area contributed by atoms with E-state index in [9.17, 15) is 9.90 Å². The van der Waals surface area contributed by atoms with Gasteiger partial charge in [0.25, 0.3) is 0 Å². The zero-order chi connectivity index (χ0) is 17.4. The van der Waals surface area contributed by atoms with Crippen molar-refractivity contribution in [2.75, 3.05) is 38.2 Å². The van der Waals surface area contributed by atoms with E-state index in [1.54, 1.807) is 12.3 Å². The Morgan fingerprint density at radius 2 is 1.92 bits per heavy atom. The molecule has 4 rings (SSSR count). The number of likely N-dealkylation sites (tertiary alicyclic amines) is 1. The van der Waals surface area contributed by atoms with Crippen molar-refractivity contribution in [2.45, 2.75) is 37.8 Å². The first-order valence-corrected chi connectivity index (χ1v) is 9.37. The van der Waals surface area contributed by atoms with Crippen LogP contribution in [0.5, 0.6) is 0 Å². The number of nitrogens with zero attached hydrogens (tertiary/aromatic N) is 3. The monoisotopic (exact) mass is 345 g/mol. The largest absolute Gasteiger partial charge is 0.465 e. The van der Waals surface area contributed by atoms with Gasteiger partial charge in [0.05, 0.1) is 18.8 Å². The highest BCUT2D eigenvalue weighted by Gasteiger charge is 2.44. The van der Waals surface area contributed by atoms with Gasteiger partial charge in [0.2, 0.25) is 0 Å². The maximum atomic E-state index is 11.5. The molecule has 0 radical (unpaired) electrons. The number of methoxy groups -OCH3 is 1. The van der Waals surface area contributed by atoms with Crippen LogP contribution in [0.1, 0.15) is 36.0 Å². The summed E-state index contributed by atoms with van der Waals surface area (Å²) in [5, 5.41) is 10.6. The second-order valence-electron chi connectivity index (χ2n) is 7.67. The minimum atomic E-state index is -0.356. The van der Waals surface area contributed by atoms with E-state index in [1.165, 1.54) is 20.0 Å². The third-order valence-corrected chi connectivity index (χ3v) is 6.21. The van der Waals surface area contributed by atoms with E-state index in [1.807, 2.05) is 6.07 Å². The van der Waals surface area contributed by atoms with Gasteiger partial charge in [0.1, 0.15) is 5.82 Å². The molecule has 3 aliphatic rings. The Morgan fingerprint density at radius 1 is 1.20 bits per heavy atom. The van der Waals surface area contributed by atoms with Crippen LogP contribution in [0.4, 0.5) is 5.82 Å². The number of aliphatic hydroxyl groups excluding tert-OH is 1. The van der Waals surface area contributed by atoms with Crippen molar-refractivity contribution in [3.05, 3.63) is 23.9 Å². The standard InChI is InChI=1S/C19H27N3O3/c1-25-19(24)13-4-5-18(20-10-13)22-11-14-8-16(21-6-2-3-7-21)17(23)9-15(14)12-22/h4-5,10,14-17,23H,2-3,6-9,11-12H2,1H3/t14-,15+,16-,17-/m1/s1. The van der Waals surface area contributed by atoms with Crippen molar-refractivity contribution in [2.24, 2.45) is 11.8 Å². The minimum Gasteiger partial charge on any atom is -0.465 e. The highest BCUT2D eigenvalue weighted by molar-refractivity contribution is 5.89. The average Bonchev–Trinajstić information content (AvgIpc) is 3.29. The number of pyridine rings is 1. The molecule has 0 spiro atoms. The van der Waals surface area contributed by atoms with E-state index in [4.69, 9.17) is 4.74 Å². The van der Waals surface area contributed by atoms with Crippen LogP contribution < -0.4 is 4.90 Å². The van der Waals surface area contributed by atoms with Crippen LogP contribution in [-0.2, 0) is 4.74 Å². The number of hydrogen-bond donors (Lipinski definition) is 1. The zero-order valence-corrected chi connectivity index (χ0v) is 14.8. The topological polar surface area (TPSA) is 65.9 Å². The van der Waals surface area contributed by atoms with Crippen molar-refractivity contribution < 1.29 is 14.6 Å². The Labute approximate surface area is 148 Å². The van der Waals surface area contributed by atoms with E-state index in [2.05, 4.69) is 14.8 Å². The van der Waals surface area contributed by atoms with Gasteiger partial charge >= 0.3 is 5.97 Å². The number of fused-ring (bicyclic) bond motifs is 1. The molecule has 2 saturated heterocycles. The van der Waals surface area contributed by atoms with Crippen molar-refractivity contribution in [3.63, 3.8) is 0 Å². The summed E-state index contributed by atoms with van der Waals surface area (Å²) < 4.78 is 4.73. The molecule has 0 unspecified atom stereocenters. The Hall–Kier alpha value is -1.66. The van der Waals surface area contributed by atoms with Gasteiger partial charge in [0.15, 0.2) is 0 Å². The number of anilines is 1. The highest BCUT2D eigenvalue weighted by Crippen LogP contribution is 2.40. The molecular formula is C19H27N3O3. The second kappa shape index (κ2) is 6.92. The lowest BCUT2D eigenvalue weighted by atomic mass is 9.77. The third kappa shape index (κ3) is 3.25. The summed E-state index contributed by atoms with van der Waals surface area (Å²) >= 11 is 0. The summed E-state index contributed by atoms with van der Waals surface area (Å²) in [4.78, 5) is 20.8. The summed E-state index contributed by atoms with van der Waals surface area (Å²) in [5.74, 6) is 1.71. The molecule has 3 fully saturated rings. The molecular weight excluding hydrogens is 318 g/mol. The van der Waals surface area contributed by atoms with Crippen LogP contribution in [0.25, 0.3) is 0 Å². The molecule has 2 aliphatic heterocycles. The first kappa shape index (κ1) is 16.8. The molecule has 0 aromatic carbocycles. The molecule has 1 N–H and O–H groups in total. The molecule has 1 aromatic rings. The number of aliphatic hydroxyl groups is 1. The fourth-order valence-electron chi connectivity index (χ4n) is 4.87. The Bertz CT molecular complexity index is 615. The minimum absolute atomic E-state index is 0.200. The van der Waals surface area contributed by atoms with Crippen LogP contribution in [-0.4, -0.2) is 66.4 Å². The lowest BCUT2D eigenvalue weighted by Crippen LogP contribution is -2.48. The van der Waals surface area contributed by atoms with Crippen LogP contribution in [0, 0.1) is 11.8 Å². The molecule has 1 saturated carbocycles. The molecule has 6 heteroatoms. The fourth-order valence-corrected chi connectivity index (χ4v) is 4.87. The Morgan fingerprint density at radius 3 is 2.56 bits per heavy atom. The fraction of sp³-hybridized carbons (Fsp3) is 0.684. The number of ether oxygens (including phenoxy) is 1. The number of carbonyl (C=O) groups excluding carboxylic acids is 1. The first-order chi connectivity index (χ1) is 12.2. The lowest BCUT2D eigenvalue weighted by molar-refractivity contribution is -0.000856. The summed E-state index contributed by atoms with van der Waals surface area (Å²) in [6, 6.07) is 4.01. The van der Waals surface area contributed by atoms with Gasteiger partial charge in [-0.2, -0.15) is 0 Å². The molecule has 3 heterocycles. The first-order valence-electron chi connectivity index (χ1n) is 9.37. The van der Waals surface area contributed by atoms with Crippen LogP contribution in [0.3, 0.4) is 0 Å². The van der Waals surface area contributed by atoms with Crippen molar-refractivity contribution >= 4 is 11.8 Å². The highest BCUT2D eigenvalue weighted by atomic mass is 16.5. The summed E-state index contributed by atoms with van der Waals surface area (Å²) in [6.07, 6.45) is 5.89. The quantitative estimate of drug-likeness (QED) is 0.839.